The molecule has 0 radical (unpaired) electrons. The van der Waals surface area contributed by atoms with E-state index in [9.17, 15) is 4.79 Å². The molecule has 1 atom stereocenters. The number of amides is 1. The number of nitrogens with zero attached hydrogens (tertiary/aromatic N) is 1. The van der Waals surface area contributed by atoms with Crippen LogP contribution in [0.3, 0.4) is 0 Å². The van der Waals surface area contributed by atoms with Crippen LogP contribution in [0.5, 0.6) is 0 Å². The molecule has 0 N–H and O–H groups in total. The van der Waals surface area contributed by atoms with E-state index >= 15 is 0 Å². The predicted octanol–water partition coefficient (Wildman–Crippen LogP) is 2.73. The number of cyclic esters (lactones) is 1. The molecule has 0 saturated carbocycles. The van der Waals surface area contributed by atoms with Crippen LogP contribution in [-0.4, -0.2) is 30.0 Å². The van der Waals surface area contributed by atoms with Gasteiger partial charge in [-0.05, 0) is 12.5 Å². The second-order valence-corrected chi connectivity index (χ2v) is 4.30. The van der Waals surface area contributed by atoms with Crippen molar-refractivity contribution in [2.24, 2.45) is 0 Å². The van der Waals surface area contributed by atoms with Crippen molar-refractivity contribution in [1.82, 2.24) is 4.90 Å². The lowest BCUT2D eigenvalue weighted by atomic mass is 10.1. The summed E-state index contributed by atoms with van der Waals surface area (Å²) in [5.41, 5.74) is 2.22. The van der Waals surface area contributed by atoms with E-state index in [4.69, 9.17) is 16.3 Å². The van der Waals surface area contributed by atoms with Gasteiger partial charge in [0.25, 0.3) is 0 Å². The number of halogens is 1. The fraction of sp³-hybridized carbons (Fsp3) is 0.417. The standard InChI is InChI=1S/C12H14ClNO2/c1-9-3-2-4-10(7-9)11-8-14(6-5-13)12(15)16-11/h2-4,7,11H,5-6,8H2,1H3. The van der Waals surface area contributed by atoms with Crippen molar-refractivity contribution >= 4 is 17.7 Å². The van der Waals surface area contributed by atoms with E-state index in [1.807, 2.05) is 31.2 Å². The van der Waals surface area contributed by atoms with Crippen molar-refractivity contribution in [3.63, 3.8) is 0 Å². The molecule has 0 bridgehead atoms. The van der Waals surface area contributed by atoms with Crippen molar-refractivity contribution in [2.45, 2.75) is 13.0 Å². The first-order valence-electron chi connectivity index (χ1n) is 5.29. The van der Waals surface area contributed by atoms with Gasteiger partial charge in [0.1, 0.15) is 6.10 Å². The molecule has 0 aliphatic carbocycles. The molecule has 86 valence electrons. The number of hydrogen-bond acceptors (Lipinski definition) is 2. The molecule has 3 nitrogen and oxygen atoms in total. The minimum atomic E-state index is -0.271. The van der Waals surface area contributed by atoms with Crippen molar-refractivity contribution < 1.29 is 9.53 Å². The molecule has 1 aliphatic heterocycles. The maximum absolute atomic E-state index is 11.5. The first-order chi connectivity index (χ1) is 7.70. The maximum atomic E-state index is 11.5. The van der Waals surface area contributed by atoms with Gasteiger partial charge < -0.3 is 9.64 Å². The Labute approximate surface area is 100.0 Å². The highest BCUT2D eigenvalue weighted by atomic mass is 35.5. The van der Waals surface area contributed by atoms with Crippen molar-refractivity contribution in [3.8, 4) is 0 Å². The highest BCUT2D eigenvalue weighted by molar-refractivity contribution is 6.18. The molecule has 2 rings (SSSR count). The van der Waals surface area contributed by atoms with Crippen molar-refractivity contribution in [2.75, 3.05) is 19.0 Å². The number of aryl methyl sites for hydroxylation is 1. The largest absolute Gasteiger partial charge is 0.439 e. The van der Waals surface area contributed by atoms with Gasteiger partial charge in [-0.15, -0.1) is 11.6 Å². The van der Waals surface area contributed by atoms with Crippen LogP contribution in [0.1, 0.15) is 17.2 Å². The molecule has 1 fully saturated rings. The zero-order chi connectivity index (χ0) is 11.5. The van der Waals surface area contributed by atoms with Gasteiger partial charge in [-0.1, -0.05) is 29.8 Å². The average Bonchev–Trinajstić information content (AvgIpc) is 2.61. The number of hydrogen-bond donors (Lipinski definition) is 0. The third-order valence-electron chi connectivity index (χ3n) is 2.66. The Hall–Kier alpha value is -1.22. The average molecular weight is 240 g/mol. The third-order valence-corrected chi connectivity index (χ3v) is 2.82. The zero-order valence-electron chi connectivity index (χ0n) is 9.15. The Morgan fingerprint density at radius 2 is 2.38 bits per heavy atom. The molecule has 1 aliphatic rings. The molecule has 1 aromatic rings. The van der Waals surface area contributed by atoms with Gasteiger partial charge in [-0.3, -0.25) is 0 Å². The predicted molar refractivity (Wildman–Crippen MR) is 62.7 cm³/mol. The molecule has 0 spiro atoms. The number of rotatable bonds is 3. The van der Waals surface area contributed by atoms with Gasteiger partial charge in [0.2, 0.25) is 0 Å². The van der Waals surface area contributed by atoms with Crippen molar-refractivity contribution in [3.05, 3.63) is 35.4 Å². The molecular weight excluding hydrogens is 226 g/mol. The summed E-state index contributed by atoms with van der Waals surface area (Å²) < 4.78 is 5.30. The van der Waals surface area contributed by atoms with Gasteiger partial charge in [-0.2, -0.15) is 0 Å². The summed E-state index contributed by atoms with van der Waals surface area (Å²) in [6.45, 7) is 3.16. The lowest BCUT2D eigenvalue weighted by molar-refractivity contribution is 0.133. The summed E-state index contributed by atoms with van der Waals surface area (Å²) in [4.78, 5) is 13.1. The van der Waals surface area contributed by atoms with E-state index in [2.05, 4.69) is 0 Å². The van der Waals surface area contributed by atoms with Crippen LogP contribution in [-0.2, 0) is 4.74 Å². The molecule has 0 aromatic heterocycles. The summed E-state index contributed by atoms with van der Waals surface area (Å²) in [6, 6.07) is 8.02. The van der Waals surface area contributed by atoms with Gasteiger partial charge >= 0.3 is 6.09 Å². The summed E-state index contributed by atoms with van der Waals surface area (Å²) >= 11 is 5.62. The van der Waals surface area contributed by atoms with E-state index in [-0.39, 0.29) is 12.2 Å². The highest BCUT2D eigenvalue weighted by Crippen LogP contribution is 2.26. The number of carbonyl (C=O) groups excluding carboxylic acids is 1. The fourth-order valence-corrected chi connectivity index (χ4v) is 2.04. The Balaban J connectivity index is 2.10. The van der Waals surface area contributed by atoms with E-state index in [1.54, 1.807) is 4.90 Å². The second kappa shape index (κ2) is 4.74. The summed E-state index contributed by atoms with van der Waals surface area (Å²) in [6.07, 6.45) is -0.428. The molecule has 1 saturated heterocycles. The third kappa shape index (κ3) is 2.30. The lowest BCUT2D eigenvalue weighted by Gasteiger charge is -2.10. The number of alkyl halides is 1. The van der Waals surface area contributed by atoms with Gasteiger partial charge in [-0.25, -0.2) is 4.79 Å². The molecule has 1 aromatic carbocycles. The van der Waals surface area contributed by atoms with Crippen LogP contribution < -0.4 is 0 Å². The molecular formula is C12H14ClNO2. The minimum Gasteiger partial charge on any atom is -0.439 e. The summed E-state index contributed by atoms with van der Waals surface area (Å²) in [5.74, 6) is 0.440. The summed E-state index contributed by atoms with van der Waals surface area (Å²) in [5, 5.41) is 0. The van der Waals surface area contributed by atoms with E-state index in [0.717, 1.165) is 5.56 Å². The number of ether oxygens (including phenoxy) is 1. The Kier molecular flexibility index (Phi) is 3.34. The van der Waals surface area contributed by atoms with Crippen LogP contribution in [0.15, 0.2) is 24.3 Å². The maximum Gasteiger partial charge on any atom is 0.410 e. The molecule has 1 unspecified atom stereocenters. The van der Waals surface area contributed by atoms with Crippen LogP contribution in [0.4, 0.5) is 4.79 Å². The Morgan fingerprint density at radius 3 is 3.06 bits per heavy atom. The summed E-state index contributed by atoms with van der Waals surface area (Å²) in [7, 11) is 0. The van der Waals surface area contributed by atoms with Gasteiger partial charge in [0.05, 0.1) is 6.54 Å². The second-order valence-electron chi connectivity index (χ2n) is 3.92. The Bertz CT molecular complexity index is 394. The smallest absolute Gasteiger partial charge is 0.410 e. The normalized spacial score (nSPS) is 20.0. The number of benzene rings is 1. The molecule has 1 amide bonds. The number of carbonyl (C=O) groups is 1. The fourth-order valence-electron chi connectivity index (χ4n) is 1.84. The first-order valence-corrected chi connectivity index (χ1v) is 5.82. The van der Waals surface area contributed by atoms with E-state index in [1.165, 1.54) is 5.56 Å². The zero-order valence-corrected chi connectivity index (χ0v) is 9.91. The Morgan fingerprint density at radius 1 is 1.56 bits per heavy atom. The van der Waals surface area contributed by atoms with Gasteiger partial charge in [0.15, 0.2) is 0 Å². The molecule has 1 heterocycles. The van der Waals surface area contributed by atoms with E-state index in [0.29, 0.717) is 19.0 Å². The lowest BCUT2D eigenvalue weighted by Crippen LogP contribution is -2.26. The monoisotopic (exact) mass is 239 g/mol. The van der Waals surface area contributed by atoms with Gasteiger partial charge in [0, 0.05) is 12.4 Å². The molecule has 16 heavy (non-hydrogen) atoms. The minimum absolute atomic E-state index is 0.157. The topological polar surface area (TPSA) is 29.5 Å². The van der Waals surface area contributed by atoms with Crippen LogP contribution in [0, 0.1) is 6.92 Å². The van der Waals surface area contributed by atoms with Crippen LogP contribution >= 0.6 is 11.6 Å². The van der Waals surface area contributed by atoms with E-state index < -0.39 is 0 Å². The first kappa shape index (κ1) is 11.3. The SMILES string of the molecule is Cc1cccc(C2CN(CCCl)C(=O)O2)c1. The highest BCUT2D eigenvalue weighted by Gasteiger charge is 2.31. The molecule has 4 heteroatoms. The van der Waals surface area contributed by atoms with Crippen LogP contribution in [0.25, 0.3) is 0 Å². The van der Waals surface area contributed by atoms with Crippen LogP contribution in [0.2, 0.25) is 0 Å². The quantitative estimate of drug-likeness (QED) is 0.759. The van der Waals surface area contributed by atoms with Crippen molar-refractivity contribution in [1.29, 1.82) is 0 Å².